The normalized spacial score (nSPS) is 29.5. The fourth-order valence-corrected chi connectivity index (χ4v) is 3.73. The molecule has 1 aliphatic carbocycles. The van der Waals surface area contributed by atoms with Gasteiger partial charge >= 0.3 is 6.03 Å². The average Bonchev–Trinajstić information content (AvgIpc) is 3.34. The molecular formula is C18H21N3O3. The number of benzene rings is 1. The van der Waals surface area contributed by atoms with Gasteiger partial charge < -0.3 is 10.2 Å². The lowest BCUT2D eigenvalue weighted by molar-refractivity contribution is -0.144. The SMILES string of the molecule is C[C@]1(C2CC2)NC(=O)N(CC(=O)N2CC[C@@H]2c2ccccc2)C1=O. The van der Waals surface area contributed by atoms with Crippen LogP contribution in [0.2, 0.25) is 0 Å². The molecule has 3 aliphatic rings. The highest BCUT2D eigenvalue weighted by atomic mass is 16.2. The number of hydrogen-bond donors (Lipinski definition) is 1. The van der Waals surface area contributed by atoms with Gasteiger partial charge in [0, 0.05) is 6.54 Å². The number of carbonyl (C=O) groups excluding carboxylic acids is 3. The maximum atomic E-state index is 12.6. The van der Waals surface area contributed by atoms with Crippen molar-refractivity contribution < 1.29 is 14.4 Å². The van der Waals surface area contributed by atoms with Crippen LogP contribution in [0.3, 0.4) is 0 Å². The summed E-state index contributed by atoms with van der Waals surface area (Å²) in [5, 5.41) is 2.78. The van der Waals surface area contributed by atoms with Gasteiger partial charge in [0.2, 0.25) is 5.91 Å². The van der Waals surface area contributed by atoms with Gasteiger partial charge in [-0.2, -0.15) is 0 Å². The summed E-state index contributed by atoms with van der Waals surface area (Å²) < 4.78 is 0. The van der Waals surface area contributed by atoms with E-state index in [-0.39, 0.29) is 30.3 Å². The number of urea groups is 1. The van der Waals surface area contributed by atoms with Crippen LogP contribution in [0.15, 0.2) is 30.3 Å². The van der Waals surface area contributed by atoms with Crippen LogP contribution in [0.5, 0.6) is 0 Å². The van der Waals surface area contributed by atoms with Crippen molar-refractivity contribution >= 4 is 17.8 Å². The summed E-state index contributed by atoms with van der Waals surface area (Å²) in [6, 6.07) is 9.46. The first-order valence-electron chi connectivity index (χ1n) is 8.49. The Hall–Kier alpha value is -2.37. The van der Waals surface area contributed by atoms with Crippen LogP contribution in [0.25, 0.3) is 0 Å². The van der Waals surface area contributed by atoms with Gasteiger partial charge in [0.1, 0.15) is 12.1 Å². The van der Waals surface area contributed by atoms with E-state index in [9.17, 15) is 14.4 Å². The molecule has 4 rings (SSSR count). The van der Waals surface area contributed by atoms with E-state index in [1.807, 2.05) is 30.3 Å². The van der Waals surface area contributed by atoms with Gasteiger partial charge in [-0.15, -0.1) is 0 Å². The van der Waals surface area contributed by atoms with Crippen LogP contribution in [0.4, 0.5) is 4.79 Å². The Balaban J connectivity index is 1.45. The van der Waals surface area contributed by atoms with E-state index in [1.165, 1.54) is 0 Å². The lowest BCUT2D eigenvalue weighted by Gasteiger charge is -2.41. The van der Waals surface area contributed by atoms with Crippen molar-refractivity contribution in [1.29, 1.82) is 0 Å². The monoisotopic (exact) mass is 327 g/mol. The minimum Gasteiger partial charge on any atom is -0.334 e. The zero-order chi connectivity index (χ0) is 16.9. The maximum Gasteiger partial charge on any atom is 0.325 e. The molecule has 126 valence electrons. The fourth-order valence-electron chi connectivity index (χ4n) is 3.73. The molecule has 3 fully saturated rings. The van der Waals surface area contributed by atoms with Crippen LogP contribution < -0.4 is 5.32 Å². The highest BCUT2D eigenvalue weighted by Gasteiger charge is 2.56. The molecule has 6 nitrogen and oxygen atoms in total. The molecule has 1 aromatic rings. The average molecular weight is 327 g/mol. The molecule has 1 N–H and O–H groups in total. The van der Waals surface area contributed by atoms with Crippen LogP contribution in [-0.4, -0.2) is 46.3 Å². The lowest BCUT2D eigenvalue weighted by Crippen LogP contribution is -2.51. The molecule has 2 saturated heterocycles. The van der Waals surface area contributed by atoms with Crippen molar-refractivity contribution in [2.75, 3.05) is 13.1 Å². The first-order chi connectivity index (χ1) is 11.5. The van der Waals surface area contributed by atoms with Crippen molar-refractivity contribution in [3.63, 3.8) is 0 Å². The third kappa shape index (κ3) is 2.28. The molecule has 0 bridgehead atoms. The van der Waals surface area contributed by atoms with E-state index < -0.39 is 11.6 Å². The van der Waals surface area contributed by atoms with Crippen molar-refractivity contribution in [2.24, 2.45) is 5.92 Å². The van der Waals surface area contributed by atoms with Crippen LogP contribution in [-0.2, 0) is 9.59 Å². The number of hydrogen-bond acceptors (Lipinski definition) is 3. The number of carbonyl (C=O) groups is 3. The van der Waals surface area contributed by atoms with E-state index in [0.29, 0.717) is 6.54 Å². The minimum atomic E-state index is -0.828. The molecule has 0 aromatic heterocycles. The standard InChI is InChI=1S/C18H21N3O3/c1-18(13-7-8-13)16(23)21(17(24)19-18)11-15(22)20-10-9-14(20)12-5-3-2-4-6-12/h2-6,13-14H,7-11H2,1H3,(H,19,24)/t14-,18-/m1/s1. The minimum absolute atomic E-state index is 0.0503. The Morgan fingerprint density at radius 1 is 1.21 bits per heavy atom. The fraction of sp³-hybridized carbons (Fsp3) is 0.500. The summed E-state index contributed by atoms with van der Waals surface area (Å²) >= 11 is 0. The Kier molecular flexibility index (Phi) is 3.37. The molecule has 0 radical (unpaired) electrons. The van der Waals surface area contributed by atoms with Gasteiger partial charge in [0.15, 0.2) is 0 Å². The van der Waals surface area contributed by atoms with Crippen LogP contribution in [0.1, 0.15) is 37.8 Å². The van der Waals surface area contributed by atoms with Crippen LogP contribution >= 0.6 is 0 Å². The van der Waals surface area contributed by atoms with E-state index in [0.717, 1.165) is 29.7 Å². The second-order valence-electron chi connectivity index (χ2n) is 7.10. The molecule has 24 heavy (non-hydrogen) atoms. The Morgan fingerprint density at radius 2 is 1.92 bits per heavy atom. The van der Waals surface area contributed by atoms with Gasteiger partial charge in [-0.25, -0.2) is 4.79 Å². The topological polar surface area (TPSA) is 69.7 Å². The van der Waals surface area contributed by atoms with E-state index in [2.05, 4.69) is 5.32 Å². The molecule has 6 heteroatoms. The Bertz CT molecular complexity index is 701. The molecule has 0 spiro atoms. The van der Waals surface area contributed by atoms with Crippen molar-refractivity contribution in [3.8, 4) is 0 Å². The number of imide groups is 1. The zero-order valence-corrected chi connectivity index (χ0v) is 13.7. The van der Waals surface area contributed by atoms with Gasteiger partial charge in [-0.1, -0.05) is 30.3 Å². The summed E-state index contributed by atoms with van der Waals surface area (Å²) in [7, 11) is 0. The summed E-state index contributed by atoms with van der Waals surface area (Å²) in [4.78, 5) is 40.2. The summed E-state index contributed by atoms with van der Waals surface area (Å²) in [5.41, 5.74) is 0.266. The van der Waals surface area contributed by atoms with E-state index in [4.69, 9.17) is 0 Å². The molecule has 0 unspecified atom stereocenters. The first-order valence-corrected chi connectivity index (χ1v) is 8.49. The smallest absolute Gasteiger partial charge is 0.325 e. The number of amides is 4. The number of nitrogens with zero attached hydrogens (tertiary/aromatic N) is 2. The van der Waals surface area contributed by atoms with E-state index >= 15 is 0 Å². The zero-order valence-electron chi connectivity index (χ0n) is 13.7. The Morgan fingerprint density at radius 3 is 2.50 bits per heavy atom. The molecule has 2 atom stereocenters. The summed E-state index contributed by atoms with van der Waals surface area (Å²) in [6.07, 6.45) is 2.81. The number of rotatable bonds is 4. The Labute approximate surface area is 140 Å². The first kappa shape index (κ1) is 15.2. The van der Waals surface area contributed by atoms with Crippen LogP contribution in [0, 0.1) is 5.92 Å². The van der Waals surface area contributed by atoms with Gasteiger partial charge in [-0.3, -0.25) is 14.5 Å². The summed E-state index contributed by atoms with van der Waals surface area (Å²) in [6.45, 7) is 2.27. The lowest BCUT2D eigenvalue weighted by atomic mass is 9.94. The number of nitrogens with one attached hydrogen (secondary N) is 1. The van der Waals surface area contributed by atoms with Gasteiger partial charge in [0.25, 0.3) is 5.91 Å². The summed E-state index contributed by atoms with van der Waals surface area (Å²) in [5.74, 6) is -0.228. The van der Waals surface area contributed by atoms with Gasteiger partial charge in [0.05, 0.1) is 6.04 Å². The highest BCUT2D eigenvalue weighted by molar-refractivity contribution is 6.09. The predicted molar refractivity (Wildman–Crippen MR) is 86.9 cm³/mol. The third-order valence-electron chi connectivity index (χ3n) is 5.51. The highest BCUT2D eigenvalue weighted by Crippen LogP contribution is 2.42. The molecular weight excluding hydrogens is 306 g/mol. The largest absolute Gasteiger partial charge is 0.334 e. The van der Waals surface area contributed by atoms with Crippen molar-refractivity contribution in [1.82, 2.24) is 15.1 Å². The second kappa shape index (κ2) is 5.33. The van der Waals surface area contributed by atoms with Gasteiger partial charge in [-0.05, 0) is 37.7 Å². The molecule has 2 aliphatic heterocycles. The second-order valence-corrected chi connectivity index (χ2v) is 7.10. The maximum absolute atomic E-state index is 12.6. The predicted octanol–water partition coefficient (Wildman–Crippen LogP) is 1.68. The molecule has 1 aromatic carbocycles. The quantitative estimate of drug-likeness (QED) is 0.856. The third-order valence-corrected chi connectivity index (χ3v) is 5.51. The van der Waals surface area contributed by atoms with Crippen molar-refractivity contribution in [2.45, 2.75) is 37.8 Å². The van der Waals surface area contributed by atoms with Crippen molar-refractivity contribution in [3.05, 3.63) is 35.9 Å². The number of likely N-dealkylation sites (tertiary alicyclic amines) is 1. The molecule has 1 saturated carbocycles. The molecule has 4 amide bonds. The van der Waals surface area contributed by atoms with E-state index in [1.54, 1.807) is 11.8 Å². The molecule has 2 heterocycles.